The zero-order chi connectivity index (χ0) is 9.26. The van der Waals surface area contributed by atoms with Gasteiger partial charge < -0.3 is 5.11 Å². The van der Waals surface area contributed by atoms with Gasteiger partial charge in [-0.1, -0.05) is 6.07 Å². The van der Waals surface area contributed by atoms with E-state index in [-0.39, 0.29) is 6.10 Å². The third-order valence-corrected chi connectivity index (χ3v) is 3.74. The standard InChI is InChI=1S/C10H15NOS/c1-8(10-3-2-6-13-10)11-5-4-9(12)7-11/h2-3,6,8-9,12H,4-5,7H2,1H3/t8?,9-/m0/s1. The molecule has 72 valence electrons. The Labute approximate surface area is 82.8 Å². The van der Waals surface area contributed by atoms with Crippen LogP contribution in [0.25, 0.3) is 0 Å². The molecule has 1 aromatic rings. The molecule has 1 fully saturated rings. The van der Waals surface area contributed by atoms with Gasteiger partial charge in [0, 0.05) is 24.0 Å². The minimum absolute atomic E-state index is 0.109. The molecule has 1 aliphatic rings. The van der Waals surface area contributed by atoms with Gasteiger partial charge in [-0.05, 0) is 24.8 Å². The molecule has 0 bridgehead atoms. The second-order valence-electron chi connectivity index (χ2n) is 3.63. The molecule has 2 atom stereocenters. The molecule has 3 heteroatoms. The Kier molecular flexibility index (Phi) is 2.67. The number of aliphatic hydroxyl groups excluding tert-OH is 1. The normalized spacial score (nSPS) is 26.5. The van der Waals surface area contributed by atoms with Crippen molar-refractivity contribution in [3.63, 3.8) is 0 Å². The first kappa shape index (κ1) is 9.19. The fourth-order valence-corrected chi connectivity index (χ4v) is 2.65. The first-order valence-corrected chi connectivity index (χ1v) is 5.61. The summed E-state index contributed by atoms with van der Waals surface area (Å²) in [6, 6.07) is 4.72. The topological polar surface area (TPSA) is 23.5 Å². The molecule has 1 aliphatic heterocycles. The van der Waals surface area contributed by atoms with E-state index in [0.717, 1.165) is 19.5 Å². The van der Waals surface area contributed by atoms with Crippen LogP contribution in [0.15, 0.2) is 17.5 Å². The van der Waals surface area contributed by atoms with Crippen LogP contribution in [-0.4, -0.2) is 29.2 Å². The fourth-order valence-electron chi connectivity index (χ4n) is 1.83. The summed E-state index contributed by atoms with van der Waals surface area (Å²) < 4.78 is 0. The van der Waals surface area contributed by atoms with E-state index < -0.39 is 0 Å². The number of likely N-dealkylation sites (tertiary alicyclic amines) is 1. The molecule has 0 spiro atoms. The van der Waals surface area contributed by atoms with Crippen molar-refractivity contribution in [3.05, 3.63) is 22.4 Å². The monoisotopic (exact) mass is 197 g/mol. The first-order chi connectivity index (χ1) is 6.27. The van der Waals surface area contributed by atoms with Crippen molar-refractivity contribution in [3.8, 4) is 0 Å². The van der Waals surface area contributed by atoms with Gasteiger partial charge in [-0.25, -0.2) is 0 Å². The van der Waals surface area contributed by atoms with Crippen molar-refractivity contribution >= 4 is 11.3 Å². The molecule has 0 saturated carbocycles. The molecule has 1 N–H and O–H groups in total. The Morgan fingerprint density at radius 1 is 1.69 bits per heavy atom. The summed E-state index contributed by atoms with van der Waals surface area (Å²) >= 11 is 1.80. The van der Waals surface area contributed by atoms with E-state index in [9.17, 15) is 5.11 Å². The predicted octanol–water partition coefficient (Wildman–Crippen LogP) is 1.88. The summed E-state index contributed by atoms with van der Waals surface area (Å²) in [6.07, 6.45) is 0.817. The van der Waals surface area contributed by atoms with Crippen LogP contribution in [0.5, 0.6) is 0 Å². The highest BCUT2D eigenvalue weighted by molar-refractivity contribution is 7.10. The van der Waals surface area contributed by atoms with Crippen LogP contribution in [0.2, 0.25) is 0 Å². The highest BCUT2D eigenvalue weighted by Gasteiger charge is 2.25. The minimum Gasteiger partial charge on any atom is -0.392 e. The van der Waals surface area contributed by atoms with E-state index in [4.69, 9.17) is 0 Å². The van der Waals surface area contributed by atoms with E-state index in [1.165, 1.54) is 4.88 Å². The summed E-state index contributed by atoms with van der Waals surface area (Å²) in [6.45, 7) is 4.07. The number of nitrogens with zero attached hydrogens (tertiary/aromatic N) is 1. The van der Waals surface area contributed by atoms with Gasteiger partial charge in [0.25, 0.3) is 0 Å². The van der Waals surface area contributed by atoms with Gasteiger partial charge in [-0.3, -0.25) is 4.90 Å². The Morgan fingerprint density at radius 3 is 3.08 bits per heavy atom. The predicted molar refractivity (Wildman–Crippen MR) is 54.9 cm³/mol. The fraction of sp³-hybridized carbons (Fsp3) is 0.600. The number of β-amino-alcohol motifs (C(OH)–C–C–N with tert-alkyl or cyclic N) is 1. The molecule has 0 amide bonds. The summed E-state index contributed by atoms with van der Waals surface area (Å²) in [7, 11) is 0. The average Bonchev–Trinajstić information content (AvgIpc) is 2.72. The molecule has 1 unspecified atom stereocenters. The second-order valence-corrected chi connectivity index (χ2v) is 4.61. The van der Waals surface area contributed by atoms with Crippen molar-refractivity contribution in [1.29, 1.82) is 0 Å². The molecule has 1 saturated heterocycles. The van der Waals surface area contributed by atoms with Crippen LogP contribution >= 0.6 is 11.3 Å². The van der Waals surface area contributed by atoms with Crippen molar-refractivity contribution in [2.24, 2.45) is 0 Å². The highest BCUT2D eigenvalue weighted by Crippen LogP contribution is 2.27. The zero-order valence-corrected chi connectivity index (χ0v) is 8.63. The maximum atomic E-state index is 9.41. The Hall–Kier alpha value is -0.380. The number of rotatable bonds is 2. The van der Waals surface area contributed by atoms with Crippen LogP contribution in [0.3, 0.4) is 0 Å². The summed E-state index contributed by atoms with van der Waals surface area (Å²) in [5.74, 6) is 0. The molecular weight excluding hydrogens is 182 g/mol. The van der Waals surface area contributed by atoms with Crippen molar-refractivity contribution < 1.29 is 5.11 Å². The zero-order valence-electron chi connectivity index (χ0n) is 7.81. The van der Waals surface area contributed by atoms with Gasteiger partial charge >= 0.3 is 0 Å². The van der Waals surface area contributed by atoms with Gasteiger partial charge in [0.2, 0.25) is 0 Å². The number of thiophene rings is 1. The van der Waals surface area contributed by atoms with Gasteiger partial charge in [0.15, 0.2) is 0 Å². The second kappa shape index (κ2) is 3.78. The lowest BCUT2D eigenvalue weighted by Gasteiger charge is -2.22. The van der Waals surface area contributed by atoms with Crippen LogP contribution in [-0.2, 0) is 0 Å². The lowest BCUT2D eigenvalue weighted by atomic mass is 10.2. The maximum absolute atomic E-state index is 9.41. The van der Waals surface area contributed by atoms with Crippen LogP contribution in [0.4, 0.5) is 0 Å². The van der Waals surface area contributed by atoms with E-state index in [0.29, 0.717) is 6.04 Å². The van der Waals surface area contributed by atoms with Crippen molar-refractivity contribution in [1.82, 2.24) is 4.90 Å². The third-order valence-electron chi connectivity index (χ3n) is 2.70. The lowest BCUT2D eigenvalue weighted by Crippen LogP contribution is -2.24. The minimum atomic E-state index is -0.109. The molecule has 1 aromatic heterocycles. The summed E-state index contributed by atoms with van der Waals surface area (Å²) in [5, 5.41) is 11.5. The highest BCUT2D eigenvalue weighted by atomic mass is 32.1. The van der Waals surface area contributed by atoms with Gasteiger partial charge in [0.05, 0.1) is 6.10 Å². The quantitative estimate of drug-likeness (QED) is 0.782. The van der Waals surface area contributed by atoms with Crippen LogP contribution in [0.1, 0.15) is 24.3 Å². The Balaban J connectivity index is 2.02. The van der Waals surface area contributed by atoms with Gasteiger partial charge in [-0.2, -0.15) is 0 Å². The summed E-state index contributed by atoms with van der Waals surface area (Å²) in [4.78, 5) is 3.74. The molecule has 2 heterocycles. The molecule has 0 aliphatic carbocycles. The van der Waals surface area contributed by atoms with Gasteiger partial charge in [0.1, 0.15) is 0 Å². The Bertz CT molecular complexity index is 260. The largest absolute Gasteiger partial charge is 0.392 e. The molecule has 2 rings (SSSR count). The number of aliphatic hydroxyl groups is 1. The average molecular weight is 197 g/mol. The van der Waals surface area contributed by atoms with Gasteiger partial charge in [-0.15, -0.1) is 11.3 Å². The molecule has 13 heavy (non-hydrogen) atoms. The van der Waals surface area contributed by atoms with E-state index in [1.807, 2.05) is 0 Å². The first-order valence-electron chi connectivity index (χ1n) is 4.73. The molecule has 2 nitrogen and oxygen atoms in total. The van der Waals surface area contributed by atoms with E-state index >= 15 is 0 Å². The maximum Gasteiger partial charge on any atom is 0.0679 e. The lowest BCUT2D eigenvalue weighted by molar-refractivity contribution is 0.164. The molecule has 0 radical (unpaired) electrons. The molecular formula is C10H15NOS. The van der Waals surface area contributed by atoms with E-state index in [2.05, 4.69) is 29.3 Å². The van der Waals surface area contributed by atoms with Crippen molar-refractivity contribution in [2.75, 3.05) is 13.1 Å². The molecule has 0 aromatic carbocycles. The van der Waals surface area contributed by atoms with Crippen LogP contribution < -0.4 is 0 Å². The van der Waals surface area contributed by atoms with Crippen molar-refractivity contribution in [2.45, 2.75) is 25.5 Å². The number of hydrogen-bond acceptors (Lipinski definition) is 3. The smallest absolute Gasteiger partial charge is 0.0679 e. The Morgan fingerprint density at radius 2 is 2.54 bits per heavy atom. The summed E-state index contributed by atoms with van der Waals surface area (Å²) in [5.41, 5.74) is 0. The van der Waals surface area contributed by atoms with Crippen LogP contribution in [0, 0.1) is 0 Å². The van der Waals surface area contributed by atoms with E-state index in [1.54, 1.807) is 11.3 Å². The third kappa shape index (κ3) is 1.93. The number of hydrogen-bond donors (Lipinski definition) is 1. The SMILES string of the molecule is CC(c1cccs1)N1CC[C@H](O)C1.